The summed E-state index contributed by atoms with van der Waals surface area (Å²) in [4.78, 5) is 0. The zero-order valence-electron chi connectivity index (χ0n) is 12.7. The predicted molar refractivity (Wildman–Crippen MR) is 80.7 cm³/mol. The largest absolute Gasteiger partial charge is 0.497 e. The number of fused-ring (bicyclic) bond motifs is 1. The standard InChI is InChI=1S/C17H27NO/c1-12(2)13(3)11-18-17-7-5-6-14-10-15(19-4)8-9-16(14)17/h8-10,12-13,17-18H,5-7,11H2,1-4H3. The first-order valence-corrected chi connectivity index (χ1v) is 7.52. The van der Waals surface area contributed by atoms with Crippen LogP contribution >= 0.6 is 0 Å². The van der Waals surface area contributed by atoms with Crippen molar-refractivity contribution >= 4 is 0 Å². The first kappa shape index (κ1) is 14.4. The molecular formula is C17H27NO. The van der Waals surface area contributed by atoms with Crippen LogP contribution in [0.5, 0.6) is 5.75 Å². The van der Waals surface area contributed by atoms with Crippen molar-refractivity contribution in [2.45, 2.75) is 46.1 Å². The van der Waals surface area contributed by atoms with Gasteiger partial charge in [-0.2, -0.15) is 0 Å². The van der Waals surface area contributed by atoms with Crippen LogP contribution in [0.15, 0.2) is 18.2 Å². The second-order valence-electron chi connectivity index (χ2n) is 6.14. The Morgan fingerprint density at radius 2 is 2.11 bits per heavy atom. The summed E-state index contributed by atoms with van der Waals surface area (Å²) in [5.74, 6) is 2.45. The summed E-state index contributed by atoms with van der Waals surface area (Å²) in [6.07, 6.45) is 3.71. The highest BCUT2D eigenvalue weighted by Gasteiger charge is 2.21. The van der Waals surface area contributed by atoms with E-state index in [2.05, 4.69) is 44.3 Å². The van der Waals surface area contributed by atoms with Gasteiger partial charge in [0.25, 0.3) is 0 Å². The number of methoxy groups -OCH3 is 1. The first-order valence-electron chi connectivity index (χ1n) is 7.52. The van der Waals surface area contributed by atoms with Crippen LogP contribution in [0.1, 0.15) is 50.8 Å². The lowest BCUT2D eigenvalue weighted by Gasteiger charge is -2.28. The number of aryl methyl sites for hydroxylation is 1. The van der Waals surface area contributed by atoms with Crippen molar-refractivity contribution < 1.29 is 4.74 Å². The minimum absolute atomic E-state index is 0.524. The maximum absolute atomic E-state index is 5.32. The van der Waals surface area contributed by atoms with Crippen LogP contribution in [0.3, 0.4) is 0 Å². The monoisotopic (exact) mass is 261 g/mol. The van der Waals surface area contributed by atoms with E-state index in [0.29, 0.717) is 6.04 Å². The Kier molecular flexibility index (Phi) is 4.87. The zero-order valence-corrected chi connectivity index (χ0v) is 12.7. The van der Waals surface area contributed by atoms with Gasteiger partial charge >= 0.3 is 0 Å². The molecule has 0 fully saturated rings. The zero-order chi connectivity index (χ0) is 13.8. The smallest absolute Gasteiger partial charge is 0.119 e. The molecule has 0 aliphatic heterocycles. The number of hydrogen-bond donors (Lipinski definition) is 1. The van der Waals surface area contributed by atoms with Gasteiger partial charge in [0.05, 0.1) is 7.11 Å². The second kappa shape index (κ2) is 6.42. The first-order chi connectivity index (χ1) is 9.11. The number of benzene rings is 1. The fourth-order valence-corrected chi connectivity index (χ4v) is 2.69. The molecule has 0 saturated carbocycles. The van der Waals surface area contributed by atoms with E-state index in [0.717, 1.165) is 24.1 Å². The third-order valence-electron chi connectivity index (χ3n) is 4.49. The SMILES string of the molecule is COc1ccc2c(c1)CCCC2NCC(C)C(C)C. The molecule has 1 aromatic carbocycles. The van der Waals surface area contributed by atoms with E-state index in [1.165, 1.54) is 30.4 Å². The van der Waals surface area contributed by atoms with Crippen molar-refractivity contribution in [3.8, 4) is 5.75 Å². The van der Waals surface area contributed by atoms with Gasteiger partial charge in [0.15, 0.2) is 0 Å². The highest BCUT2D eigenvalue weighted by Crippen LogP contribution is 2.32. The van der Waals surface area contributed by atoms with Gasteiger partial charge < -0.3 is 10.1 Å². The van der Waals surface area contributed by atoms with Crippen molar-refractivity contribution in [3.05, 3.63) is 29.3 Å². The summed E-state index contributed by atoms with van der Waals surface area (Å²) in [6.45, 7) is 8.03. The molecule has 19 heavy (non-hydrogen) atoms. The molecule has 2 rings (SSSR count). The Morgan fingerprint density at radius 1 is 1.32 bits per heavy atom. The van der Waals surface area contributed by atoms with Crippen molar-refractivity contribution in [2.24, 2.45) is 11.8 Å². The molecule has 0 radical (unpaired) electrons. The maximum Gasteiger partial charge on any atom is 0.119 e. The Morgan fingerprint density at radius 3 is 2.79 bits per heavy atom. The van der Waals surface area contributed by atoms with Gasteiger partial charge in [-0.05, 0) is 60.9 Å². The van der Waals surface area contributed by atoms with E-state index < -0.39 is 0 Å². The summed E-state index contributed by atoms with van der Waals surface area (Å²) < 4.78 is 5.32. The van der Waals surface area contributed by atoms with E-state index in [-0.39, 0.29) is 0 Å². The molecule has 2 heteroatoms. The molecule has 0 heterocycles. The molecule has 2 nitrogen and oxygen atoms in total. The normalized spacial score (nSPS) is 20.2. The maximum atomic E-state index is 5.32. The van der Waals surface area contributed by atoms with E-state index in [9.17, 15) is 0 Å². The lowest BCUT2D eigenvalue weighted by molar-refractivity contribution is 0.353. The van der Waals surface area contributed by atoms with Gasteiger partial charge in [-0.15, -0.1) is 0 Å². The van der Waals surface area contributed by atoms with E-state index in [1.807, 2.05) is 0 Å². The van der Waals surface area contributed by atoms with Crippen LogP contribution in [0.25, 0.3) is 0 Å². The van der Waals surface area contributed by atoms with Gasteiger partial charge in [-0.1, -0.05) is 26.8 Å². The molecule has 1 aliphatic carbocycles. The molecule has 0 aromatic heterocycles. The molecule has 1 aliphatic rings. The fourth-order valence-electron chi connectivity index (χ4n) is 2.69. The lowest BCUT2D eigenvalue weighted by atomic mass is 9.87. The van der Waals surface area contributed by atoms with Crippen LogP contribution in [0, 0.1) is 11.8 Å². The minimum Gasteiger partial charge on any atom is -0.497 e. The molecule has 0 bridgehead atoms. The van der Waals surface area contributed by atoms with Crippen molar-refractivity contribution in [3.63, 3.8) is 0 Å². The Labute approximate surface area is 117 Å². The van der Waals surface area contributed by atoms with Gasteiger partial charge in [-0.25, -0.2) is 0 Å². The van der Waals surface area contributed by atoms with E-state index >= 15 is 0 Å². The van der Waals surface area contributed by atoms with Gasteiger partial charge in [-0.3, -0.25) is 0 Å². The molecular weight excluding hydrogens is 234 g/mol. The van der Waals surface area contributed by atoms with Crippen molar-refractivity contribution in [1.82, 2.24) is 5.32 Å². The molecule has 0 spiro atoms. The van der Waals surface area contributed by atoms with Gasteiger partial charge in [0.1, 0.15) is 5.75 Å². The van der Waals surface area contributed by atoms with Crippen molar-refractivity contribution in [2.75, 3.05) is 13.7 Å². The van der Waals surface area contributed by atoms with Crippen LogP contribution in [0.4, 0.5) is 0 Å². The minimum atomic E-state index is 0.524. The summed E-state index contributed by atoms with van der Waals surface area (Å²) in [5, 5.41) is 3.76. The van der Waals surface area contributed by atoms with Crippen LogP contribution in [0.2, 0.25) is 0 Å². The van der Waals surface area contributed by atoms with Crippen LogP contribution in [-0.2, 0) is 6.42 Å². The molecule has 0 amide bonds. The Hall–Kier alpha value is -1.02. The van der Waals surface area contributed by atoms with Crippen molar-refractivity contribution in [1.29, 1.82) is 0 Å². The molecule has 1 aromatic rings. The van der Waals surface area contributed by atoms with E-state index in [4.69, 9.17) is 4.74 Å². The molecule has 2 atom stereocenters. The molecule has 2 unspecified atom stereocenters. The topological polar surface area (TPSA) is 21.3 Å². The number of rotatable bonds is 5. The number of hydrogen-bond acceptors (Lipinski definition) is 2. The molecule has 1 N–H and O–H groups in total. The highest BCUT2D eigenvalue weighted by atomic mass is 16.5. The summed E-state index contributed by atoms with van der Waals surface area (Å²) in [5.41, 5.74) is 2.93. The lowest BCUT2D eigenvalue weighted by Crippen LogP contribution is -2.30. The molecule has 0 saturated heterocycles. The quantitative estimate of drug-likeness (QED) is 0.866. The summed E-state index contributed by atoms with van der Waals surface area (Å²) in [7, 11) is 1.74. The Bertz CT molecular complexity index is 414. The molecule has 106 valence electrons. The van der Waals surface area contributed by atoms with Crippen LogP contribution < -0.4 is 10.1 Å². The fraction of sp³-hybridized carbons (Fsp3) is 0.647. The predicted octanol–water partition coefficient (Wildman–Crippen LogP) is 3.95. The van der Waals surface area contributed by atoms with Crippen LogP contribution in [-0.4, -0.2) is 13.7 Å². The summed E-state index contributed by atoms with van der Waals surface area (Å²) >= 11 is 0. The third-order valence-corrected chi connectivity index (χ3v) is 4.49. The van der Waals surface area contributed by atoms with E-state index in [1.54, 1.807) is 7.11 Å². The third kappa shape index (κ3) is 3.50. The average molecular weight is 261 g/mol. The number of ether oxygens (including phenoxy) is 1. The van der Waals surface area contributed by atoms with Gasteiger partial charge in [0.2, 0.25) is 0 Å². The second-order valence-corrected chi connectivity index (χ2v) is 6.14. The number of nitrogens with one attached hydrogen (secondary N) is 1. The average Bonchev–Trinajstić information content (AvgIpc) is 2.43. The van der Waals surface area contributed by atoms with Gasteiger partial charge in [0, 0.05) is 6.04 Å². The highest BCUT2D eigenvalue weighted by molar-refractivity contribution is 5.39. The summed E-state index contributed by atoms with van der Waals surface area (Å²) in [6, 6.07) is 7.06. The Balaban J connectivity index is 2.05.